The zero-order valence-electron chi connectivity index (χ0n) is 9.96. The largest absolute Gasteiger partial charge is 0.395 e. The highest BCUT2D eigenvalue weighted by Crippen LogP contribution is 2.06. The zero-order chi connectivity index (χ0) is 12.8. The summed E-state index contributed by atoms with van der Waals surface area (Å²) in [4.78, 5) is 4.22. The first-order valence-corrected chi connectivity index (χ1v) is 5.82. The molecule has 0 radical (unpaired) electrons. The zero-order valence-corrected chi connectivity index (χ0v) is 9.96. The molecule has 0 saturated heterocycles. The van der Waals surface area contributed by atoms with Gasteiger partial charge in [-0.3, -0.25) is 0 Å². The first kappa shape index (κ1) is 12.5. The molecular weight excluding hydrogens is 231 g/mol. The van der Waals surface area contributed by atoms with E-state index in [1.54, 1.807) is 18.3 Å². The Balaban J connectivity index is 1.98. The number of hydrogen-bond acceptors (Lipinski definition) is 2. The highest BCUT2D eigenvalue weighted by atomic mass is 19.1. The molecule has 18 heavy (non-hydrogen) atoms. The maximum atomic E-state index is 12.7. The average molecular weight is 246 g/mol. The molecule has 0 aliphatic rings. The summed E-state index contributed by atoms with van der Waals surface area (Å²) >= 11 is 0. The third-order valence-electron chi connectivity index (χ3n) is 2.62. The fourth-order valence-corrected chi connectivity index (χ4v) is 1.72. The summed E-state index contributed by atoms with van der Waals surface area (Å²) in [6, 6.07) is 6.33. The van der Waals surface area contributed by atoms with E-state index in [4.69, 9.17) is 5.11 Å². The van der Waals surface area contributed by atoms with Gasteiger partial charge in [0.15, 0.2) is 0 Å². The predicted molar refractivity (Wildman–Crippen MR) is 68.5 cm³/mol. The first-order valence-electron chi connectivity index (χ1n) is 5.82. The molecule has 1 aromatic carbocycles. The van der Waals surface area contributed by atoms with Crippen molar-refractivity contribution in [3.8, 4) is 0 Å². The molecule has 0 amide bonds. The van der Waals surface area contributed by atoms with Crippen LogP contribution >= 0.6 is 0 Å². The van der Waals surface area contributed by atoms with E-state index in [0.717, 1.165) is 11.4 Å². The van der Waals surface area contributed by atoms with Crippen molar-refractivity contribution >= 4 is 6.08 Å². The third kappa shape index (κ3) is 3.28. The fourth-order valence-electron chi connectivity index (χ4n) is 1.72. The number of aromatic nitrogens is 2. The van der Waals surface area contributed by atoms with Gasteiger partial charge in [0.05, 0.1) is 6.61 Å². The van der Waals surface area contributed by atoms with E-state index in [1.165, 1.54) is 12.1 Å². The highest BCUT2D eigenvalue weighted by molar-refractivity contribution is 5.49. The second kappa shape index (κ2) is 6.12. The summed E-state index contributed by atoms with van der Waals surface area (Å²) < 4.78 is 14.6. The first-order chi connectivity index (χ1) is 8.79. The topological polar surface area (TPSA) is 38.0 Å². The molecular formula is C14H15FN2O. The van der Waals surface area contributed by atoms with E-state index in [1.807, 2.05) is 22.9 Å². The molecule has 1 heterocycles. The third-order valence-corrected chi connectivity index (χ3v) is 2.62. The van der Waals surface area contributed by atoms with E-state index >= 15 is 0 Å². The highest BCUT2D eigenvalue weighted by Gasteiger charge is 1.99. The van der Waals surface area contributed by atoms with Crippen molar-refractivity contribution in [1.29, 1.82) is 0 Å². The number of nitrogens with zero attached hydrogens (tertiary/aromatic N) is 2. The Labute approximate surface area is 105 Å². The molecule has 0 saturated carbocycles. The molecule has 0 aliphatic carbocycles. The van der Waals surface area contributed by atoms with Gasteiger partial charge < -0.3 is 9.67 Å². The van der Waals surface area contributed by atoms with Crippen molar-refractivity contribution in [2.24, 2.45) is 0 Å². The van der Waals surface area contributed by atoms with Gasteiger partial charge in [-0.25, -0.2) is 9.37 Å². The normalized spacial score (nSPS) is 11.2. The van der Waals surface area contributed by atoms with Crippen LogP contribution < -0.4 is 0 Å². The minimum atomic E-state index is -0.231. The van der Waals surface area contributed by atoms with Crippen LogP contribution in [-0.4, -0.2) is 21.3 Å². The molecule has 1 N–H and O–H groups in total. The Morgan fingerprint density at radius 1 is 1.28 bits per heavy atom. The van der Waals surface area contributed by atoms with Crippen LogP contribution in [0.15, 0.2) is 42.7 Å². The number of hydrogen-bond donors (Lipinski definition) is 1. The van der Waals surface area contributed by atoms with Crippen LogP contribution in [0.2, 0.25) is 0 Å². The monoisotopic (exact) mass is 246 g/mol. The number of allylic oxidation sites excluding steroid dienone is 1. The van der Waals surface area contributed by atoms with Crippen LogP contribution in [0.5, 0.6) is 0 Å². The van der Waals surface area contributed by atoms with Gasteiger partial charge in [0.2, 0.25) is 0 Å². The lowest BCUT2D eigenvalue weighted by Crippen LogP contribution is -2.05. The van der Waals surface area contributed by atoms with Gasteiger partial charge in [-0.2, -0.15) is 0 Å². The lowest BCUT2D eigenvalue weighted by molar-refractivity contribution is 0.274. The summed E-state index contributed by atoms with van der Waals surface area (Å²) in [6.07, 6.45) is 8.15. The molecule has 0 aliphatic heterocycles. The summed E-state index contributed by atoms with van der Waals surface area (Å²) in [7, 11) is 0. The minimum Gasteiger partial charge on any atom is -0.395 e. The number of aliphatic hydroxyl groups is 1. The number of imidazole rings is 1. The molecule has 1 aromatic heterocycles. The summed E-state index contributed by atoms with van der Waals surface area (Å²) in [5, 5.41) is 8.89. The lowest BCUT2D eigenvalue weighted by atomic mass is 10.2. The molecule has 2 aromatic rings. The van der Waals surface area contributed by atoms with Gasteiger partial charge >= 0.3 is 0 Å². The van der Waals surface area contributed by atoms with Gasteiger partial charge in [0.25, 0.3) is 0 Å². The van der Waals surface area contributed by atoms with Gasteiger partial charge in [0.1, 0.15) is 11.6 Å². The summed E-state index contributed by atoms with van der Waals surface area (Å²) in [5.74, 6) is 0.674. The number of rotatable bonds is 5. The molecule has 0 fully saturated rings. The number of benzene rings is 1. The predicted octanol–water partition coefficient (Wildman–Crippen LogP) is 2.27. The Morgan fingerprint density at radius 3 is 2.78 bits per heavy atom. The van der Waals surface area contributed by atoms with Crippen molar-refractivity contribution in [3.63, 3.8) is 0 Å². The molecule has 2 rings (SSSR count). The van der Waals surface area contributed by atoms with E-state index < -0.39 is 0 Å². The number of halogens is 1. The quantitative estimate of drug-likeness (QED) is 0.878. The van der Waals surface area contributed by atoms with Crippen LogP contribution in [0.1, 0.15) is 11.4 Å². The standard InChI is InChI=1S/C14H15FN2O/c15-13-6-4-12(5-7-13)2-1-3-14-16-8-9-17(14)10-11-18/h1-2,4-9,18H,3,10-11H2/b2-1+. The SMILES string of the molecule is OCCn1ccnc1C/C=C/c1ccc(F)cc1. The number of aliphatic hydroxyl groups excluding tert-OH is 1. The summed E-state index contributed by atoms with van der Waals surface area (Å²) in [6.45, 7) is 0.657. The van der Waals surface area contributed by atoms with E-state index in [9.17, 15) is 4.39 Å². The molecule has 0 atom stereocenters. The van der Waals surface area contributed by atoms with Crippen molar-refractivity contribution in [3.05, 3.63) is 59.9 Å². The van der Waals surface area contributed by atoms with Crippen LogP contribution in [0.3, 0.4) is 0 Å². The van der Waals surface area contributed by atoms with E-state index in [-0.39, 0.29) is 12.4 Å². The Kier molecular flexibility index (Phi) is 4.25. The van der Waals surface area contributed by atoms with Gasteiger partial charge in [-0.1, -0.05) is 24.3 Å². The van der Waals surface area contributed by atoms with Crippen LogP contribution in [0.25, 0.3) is 6.08 Å². The Bertz CT molecular complexity index is 517. The van der Waals surface area contributed by atoms with E-state index in [0.29, 0.717) is 13.0 Å². The molecule has 94 valence electrons. The van der Waals surface area contributed by atoms with Crippen LogP contribution in [0.4, 0.5) is 4.39 Å². The van der Waals surface area contributed by atoms with Crippen LogP contribution in [-0.2, 0) is 13.0 Å². The second-order valence-electron chi connectivity index (χ2n) is 3.92. The van der Waals surface area contributed by atoms with Crippen LogP contribution in [0, 0.1) is 5.82 Å². The van der Waals surface area contributed by atoms with Crippen molar-refractivity contribution < 1.29 is 9.50 Å². The smallest absolute Gasteiger partial charge is 0.123 e. The second-order valence-corrected chi connectivity index (χ2v) is 3.92. The Hall–Kier alpha value is -1.94. The summed E-state index contributed by atoms with van der Waals surface area (Å²) in [5.41, 5.74) is 0.955. The van der Waals surface area contributed by atoms with Crippen molar-refractivity contribution in [2.45, 2.75) is 13.0 Å². The molecule has 3 nitrogen and oxygen atoms in total. The maximum Gasteiger partial charge on any atom is 0.123 e. The Morgan fingerprint density at radius 2 is 2.06 bits per heavy atom. The fraction of sp³-hybridized carbons (Fsp3) is 0.214. The maximum absolute atomic E-state index is 12.7. The molecule has 0 spiro atoms. The van der Waals surface area contributed by atoms with Crippen molar-refractivity contribution in [1.82, 2.24) is 9.55 Å². The lowest BCUT2D eigenvalue weighted by Gasteiger charge is -2.02. The van der Waals surface area contributed by atoms with E-state index in [2.05, 4.69) is 4.98 Å². The van der Waals surface area contributed by atoms with Gasteiger partial charge in [-0.15, -0.1) is 0 Å². The molecule has 0 unspecified atom stereocenters. The molecule has 4 heteroatoms. The molecule has 0 bridgehead atoms. The van der Waals surface area contributed by atoms with Gasteiger partial charge in [0, 0.05) is 25.4 Å². The minimum absolute atomic E-state index is 0.102. The average Bonchev–Trinajstić information content (AvgIpc) is 2.80. The van der Waals surface area contributed by atoms with Crippen molar-refractivity contribution in [2.75, 3.05) is 6.61 Å². The van der Waals surface area contributed by atoms with Gasteiger partial charge in [-0.05, 0) is 17.7 Å².